The van der Waals surface area contributed by atoms with Crippen LogP contribution in [0.4, 0.5) is 0 Å². The Bertz CT molecular complexity index is 630. The molecule has 0 aliphatic heterocycles. The highest BCUT2D eigenvalue weighted by molar-refractivity contribution is 6.42. The zero-order valence-corrected chi connectivity index (χ0v) is 14.0. The van der Waals surface area contributed by atoms with Crippen molar-refractivity contribution in [3.05, 3.63) is 68.2 Å². The van der Waals surface area contributed by atoms with Gasteiger partial charge in [0, 0.05) is 0 Å². The second kappa shape index (κ2) is 6.80. The Kier molecular flexibility index (Phi) is 5.28. The lowest BCUT2D eigenvalue weighted by molar-refractivity contribution is 0.546. The van der Waals surface area contributed by atoms with Crippen LogP contribution in [0.2, 0.25) is 10.0 Å². The maximum atomic E-state index is 6.09. The van der Waals surface area contributed by atoms with Crippen molar-refractivity contribution in [1.82, 2.24) is 5.43 Å². The van der Waals surface area contributed by atoms with Crippen LogP contribution in [0.15, 0.2) is 30.3 Å². The molecule has 2 nitrogen and oxygen atoms in total. The maximum absolute atomic E-state index is 6.09. The van der Waals surface area contributed by atoms with E-state index in [-0.39, 0.29) is 6.04 Å². The van der Waals surface area contributed by atoms with Crippen LogP contribution in [-0.4, -0.2) is 0 Å². The molecule has 3 N–H and O–H groups in total. The molecule has 0 aromatic heterocycles. The highest BCUT2D eigenvalue weighted by Gasteiger charge is 2.16. The molecule has 2 rings (SSSR count). The topological polar surface area (TPSA) is 38.0 Å². The molecule has 0 radical (unpaired) electrons. The van der Waals surface area contributed by atoms with E-state index in [9.17, 15) is 0 Å². The largest absolute Gasteiger partial charge is 0.271 e. The third kappa shape index (κ3) is 3.78. The van der Waals surface area contributed by atoms with Crippen molar-refractivity contribution < 1.29 is 0 Å². The lowest BCUT2D eigenvalue weighted by atomic mass is 9.91. The number of benzene rings is 2. The molecule has 112 valence electrons. The summed E-state index contributed by atoms with van der Waals surface area (Å²) in [6, 6.07) is 10.1. The van der Waals surface area contributed by atoms with Crippen molar-refractivity contribution in [3.8, 4) is 0 Å². The number of rotatable bonds is 4. The van der Waals surface area contributed by atoms with Gasteiger partial charge in [0.15, 0.2) is 0 Å². The molecule has 0 saturated carbocycles. The van der Waals surface area contributed by atoms with Crippen molar-refractivity contribution in [2.24, 2.45) is 5.84 Å². The van der Waals surface area contributed by atoms with Gasteiger partial charge in [-0.05, 0) is 61.6 Å². The lowest BCUT2D eigenvalue weighted by Crippen LogP contribution is -2.30. The van der Waals surface area contributed by atoms with Crippen molar-refractivity contribution in [1.29, 1.82) is 0 Å². The number of hydrogen-bond acceptors (Lipinski definition) is 2. The molecule has 1 atom stereocenters. The van der Waals surface area contributed by atoms with Crippen LogP contribution in [0.5, 0.6) is 0 Å². The molecule has 0 spiro atoms. The quantitative estimate of drug-likeness (QED) is 0.634. The standard InChI is InChI=1S/C17H20Cl2N2/c1-10-6-11(2)17(12(3)7-10)16(21-20)9-13-4-5-14(18)15(19)8-13/h4-8,16,21H,9,20H2,1-3H3. The Balaban J connectivity index is 2.34. The van der Waals surface area contributed by atoms with Crippen LogP contribution in [0.1, 0.15) is 33.9 Å². The van der Waals surface area contributed by atoms with Gasteiger partial charge in [-0.3, -0.25) is 11.3 Å². The molecular weight excluding hydrogens is 303 g/mol. The second-order valence-electron chi connectivity index (χ2n) is 5.48. The molecule has 4 heteroatoms. The van der Waals surface area contributed by atoms with Crippen LogP contribution < -0.4 is 11.3 Å². The van der Waals surface area contributed by atoms with Crippen molar-refractivity contribution in [3.63, 3.8) is 0 Å². The summed E-state index contributed by atoms with van der Waals surface area (Å²) in [6.45, 7) is 6.34. The first-order chi connectivity index (χ1) is 9.92. The van der Waals surface area contributed by atoms with Gasteiger partial charge in [-0.2, -0.15) is 0 Å². The van der Waals surface area contributed by atoms with E-state index >= 15 is 0 Å². The molecule has 21 heavy (non-hydrogen) atoms. The van der Waals surface area contributed by atoms with E-state index in [4.69, 9.17) is 29.0 Å². The number of aryl methyl sites for hydroxylation is 3. The van der Waals surface area contributed by atoms with E-state index < -0.39 is 0 Å². The van der Waals surface area contributed by atoms with E-state index in [1.165, 1.54) is 22.3 Å². The van der Waals surface area contributed by atoms with Gasteiger partial charge in [-0.25, -0.2) is 0 Å². The molecule has 0 heterocycles. The normalized spacial score (nSPS) is 12.5. The third-order valence-electron chi connectivity index (χ3n) is 3.71. The van der Waals surface area contributed by atoms with Gasteiger partial charge in [0.2, 0.25) is 0 Å². The highest BCUT2D eigenvalue weighted by Crippen LogP contribution is 2.28. The Morgan fingerprint density at radius 3 is 2.14 bits per heavy atom. The van der Waals surface area contributed by atoms with Gasteiger partial charge in [0.25, 0.3) is 0 Å². The first kappa shape index (κ1) is 16.3. The monoisotopic (exact) mass is 322 g/mol. The molecule has 0 bridgehead atoms. The Morgan fingerprint density at radius 2 is 1.62 bits per heavy atom. The Labute approximate surface area is 136 Å². The summed E-state index contributed by atoms with van der Waals surface area (Å²) in [4.78, 5) is 0. The molecule has 0 fully saturated rings. The zero-order valence-electron chi connectivity index (χ0n) is 12.5. The average Bonchev–Trinajstić information content (AvgIpc) is 2.40. The van der Waals surface area contributed by atoms with Crippen LogP contribution >= 0.6 is 23.2 Å². The minimum Gasteiger partial charge on any atom is -0.271 e. The van der Waals surface area contributed by atoms with Gasteiger partial charge in [-0.1, -0.05) is 47.0 Å². The minimum atomic E-state index is 0.0443. The summed E-state index contributed by atoms with van der Waals surface area (Å²) in [5, 5.41) is 1.14. The second-order valence-corrected chi connectivity index (χ2v) is 6.30. The Morgan fingerprint density at radius 1 is 1.00 bits per heavy atom. The number of nitrogens with one attached hydrogen (secondary N) is 1. The van der Waals surface area contributed by atoms with Crippen molar-refractivity contribution in [2.75, 3.05) is 0 Å². The van der Waals surface area contributed by atoms with E-state index in [0.29, 0.717) is 10.0 Å². The van der Waals surface area contributed by atoms with Crippen LogP contribution in [-0.2, 0) is 6.42 Å². The van der Waals surface area contributed by atoms with Crippen LogP contribution in [0.25, 0.3) is 0 Å². The molecule has 2 aromatic carbocycles. The molecule has 0 aliphatic rings. The van der Waals surface area contributed by atoms with Gasteiger partial charge in [0.1, 0.15) is 0 Å². The fourth-order valence-corrected chi connectivity index (χ4v) is 3.21. The first-order valence-corrected chi connectivity index (χ1v) is 7.65. The van der Waals surface area contributed by atoms with Crippen molar-refractivity contribution >= 4 is 23.2 Å². The van der Waals surface area contributed by atoms with Gasteiger partial charge in [0.05, 0.1) is 16.1 Å². The summed E-state index contributed by atoms with van der Waals surface area (Å²) < 4.78 is 0. The van der Waals surface area contributed by atoms with E-state index in [1.807, 2.05) is 18.2 Å². The maximum Gasteiger partial charge on any atom is 0.0595 e. The van der Waals surface area contributed by atoms with Gasteiger partial charge < -0.3 is 0 Å². The fourth-order valence-electron chi connectivity index (χ4n) is 2.89. The summed E-state index contributed by atoms with van der Waals surface area (Å²) in [5.41, 5.74) is 9.03. The predicted molar refractivity (Wildman–Crippen MR) is 90.9 cm³/mol. The Hall–Kier alpha value is -1.06. The summed E-state index contributed by atoms with van der Waals surface area (Å²) in [7, 11) is 0. The van der Waals surface area contributed by atoms with E-state index in [2.05, 4.69) is 38.3 Å². The van der Waals surface area contributed by atoms with E-state index in [0.717, 1.165) is 12.0 Å². The number of hydrazine groups is 1. The lowest BCUT2D eigenvalue weighted by Gasteiger charge is -2.22. The molecule has 2 aromatic rings. The number of halogens is 2. The van der Waals surface area contributed by atoms with Gasteiger partial charge in [-0.15, -0.1) is 0 Å². The summed E-state index contributed by atoms with van der Waals surface area (Å²) >= 11 is 12.0. The van der Waals surface area contributed by atoms with Gasteiger partial charge >= 0.3 is 0 Å². The molecule has 0 amide bonds. The van der Waals surface area contributed by atoms with Crippen LogP contribution in [0, 0.1) is 20.8 Å². The van der Waals surface area contributed by atoms with Crippen LogP contribution in [0.3, 0.4) is 0 Å². The summed E-state index contributed by atoms with van der Waals surface area (Å²) in [6.07, 6.45) is 0.762. The highest BCUT2D eigenvalue weighted by atomic mass is 35.5. The molecule has 1 unspecified atom stereocenters. The first-order valence-electron chi connectivity index (χ1n) is 6.90. The molecule has 0 saturated heterocycles. The number of hydrogen-bond donors (Lipinski definition) is 2. The SMILES string of the molecule is Cc1cc(C)c(C(Cc2ccc(Cl)c(Cl)c2)NN)c(C)c1. The minimum absolute atomic E-state index is 0.0443. The molecular formula is C17H20Cl2N2. The fraction of sp³-hybridized carbons (Fsp3) is 0.294. The average molecular weight is 323 g/mol. The number of nitrogens with two attached hydrogens (primary N) is 1. The molecule has 0 aliphatic carbocycles. The zero-order chi connectivity index (χ0) is 15.6. The third-order valence-corrected chi connectivity index (χ3v) is 4.45. The summed E-state index contributed by atoms with van der Waals surface area (Å²) in [5.74, 6) is 5.79. The van der Waals surface area contributed by atoms with Crippen molar-refractivity contribution in [2.45, 2.75) is 33.2 Å². The predicted octanol–water partition coefficient (Wildman–Crippen LogP) is 4.67. The van der Waals surface area contributed by atoms with E-state index in [1.54, 1.807) is 0 Å². The smallest absolute Gasteiger partial charge is 0.0595 e.